The molecule has 0 aliphatic rings. The average Bonchev–Trinajstić information content (AvgIpc) is 3.56. The molecule has 2 heterocycles. The first-order valence-corrected chi connectivity index (χ1v) is 13.4. The Morgan fingerprint density at radius 3 is 2.26 bits per heavy atom. The molecule has 0 aliphatic carbocycles. The van der Waals surface area contributed by atoms with Crippen molar-refractivity contribution >= 4 is 17.2 Å². The van der Waals surface area contributed by atoms with Crippen molar-refractivity contribution in [3.63, 3.8) is 0 Å². The van der Waals surface area contributed by atoms with Crippen LogP contribution in [-0.2, 0) is 23.3 Å². The van der Waals surface area contributed by atoms with E-state index in [4.69, 9.17) is 4.98 Å². The van der Waals surface area contributed by atoms with E-state index in [-0.39, 0.29) is 23.7 Å². The largest absolute Gasteiger partial charge is 0.352 e. The normalized spacial score (nSPS) is 11.5. The second-order valence-electron chi connectivity index (χ2n) is 10.2. The number of rotatable bonds is 7. The Labute approximate surface area is 226 Å². The molecule has 1 amide bonds. The standard InChI is InChI=1S/C31H29FN4OS/c1-31(2,3)36-29(24-13-15-25(32)16-14-24)27(19-34-36)30-35-26(20-38-30)17-28(37)33-18-21-9-11-23(12-10-21)22-7-5-4-6-8-22/h4-16,19-20H,17-18H2,1-3H3,(H,33,37). The van der Waals surface area contributed by atoms with Crippen LogP contribution in [0.15, 0.2) is 90.4 Å². The van der Waals surface area contributed by atoms with Gasteiger partial charge >= 0.3 is 0 Å². The molecule has 0 unspecified atom stereocenters. The highest BCUT2D eigenvalue weighted by Gasteiger charge is 2.24. The first-order chi connectivity index (χ1) is 18.3. The third kappa shape index (κ3) is 5.73. The summed E-state index contributed by atoms with van der Waals surface area (Å²) >= 11 is 1.48. The van der Waals surface area contributed by atoms with Crippen molar-refractivity contribution in [3.8, 4) is 33.0 Å². The Bertz CT molecular complexity index is 1530. The fraction of sp³-hybridized carbons (Fsp3) is 0.194. The minimum Gasteiger partial charge on any atom is -0.352 e. The van der Waals surface area contributed by atoms with E-state index in [9.17, 15) is 9.18 Å². The maximum Gasteiger partial charge on any atom is 0.226 e. The molecule has 1 N–H and O–H groups in total. The van der Waals surface area contributed by atoms with Gasteiger partial charge in [0.1, 0.15) is 10.8 Å². The first-order valence-electron chi connectivity index (χ1n) is 12.5. The molecule has 0 fully saturated rings. The summed E-state index contributed by atoms with van der Waals surface area (Å²) in [5.74, 6) is -0.370. The number of amides is 1. The van der Waals surface area contributed by atoms with Gasteiger partial charge in [0.05, 0.1) is 35.1 Å². The summed E-state index contributed by atoms with van der Waals surface area (Å²) in [6.45, 7) is 6.68. The van der Waals surface area contributed by atoms with Crippen LogP contribution in [0.25, 0.3) is 33.0 Å². The van der Waals surface area contributed by atoms with E-state index in [1.807, 2.05) is 40.4 Å². The van der Waals surface area contributed by atoms with E-state index in [0.29, 0.717) is 12.2 Å². The maximum atomic E-state index is 13.6. The van der Waals surface area contributed by atoms with Gasteiger partial charge < -0.3 is 5.32 Å². The first kappa shape index (κ1) is 25.5. The monoisotopic (exact) mass is 524 g/mol. The van der Waals surface area contributed by atoms with Crippen molar-refractivity contribution in [3.05, 3.63) is 108 Å². The molecule has 38 heavy (non-hydrogen) atoms. The van der Waals surface area contributed by atoms with Gasteiger partial charge in [-0.05, 0) is 61.7 Å². The Kier molecular flexibility index (Phi) is 7.20. The minimum atomic E-state index is -0.285. The zero-order valence-corrected chi connectivity index (χ0v) is 22.4. The van der Waals surface area contributed by atoms with E-state index in [1.165, 1.54) is 23.5 Å². The van der Waals surface area contributed by atoms with Crippen molar-refractivity contribution < 1.29 is 9.18 Å². The molecule has 0 saturated carbocycles. The summed E-state index contributed by atoms with van der Waals surface area (Å²) in [7, 11) is 0. The third-order valence-electron chi connectivity index (χ3n) is 6.20. The van der Waals surface area contributed by atoms with Gasteiger partial charge in [0.2, 0.25) is 5.91 Å². The lowest BCUT2D eigenvalue weighted by molar-refractivity contribution is -0.120. The predicted octanol–water partition coefficient (Wildman–Crippen LogP) is 7.09. The second-order valence-corrected chi connectivity index (χ2v) is 11.0. The fourth-order valence-electron chi connectivity index (χ4n) is 4.28. The summed E-state index contributed by atoms with van der Waals surface area (Å²) in [6.07, 6.45) is 1.99. The van der Waals surface area contributed by atoms with Gasteiger partial charge in [-0.25, -0.2) is 9.37 Å². The SMILES string of the molecule is CC(C)(C)n1ncc(-c2nc(CC(=O)NCc3ccc(-c4ccccc4)cc3)cs2)c1-c1ccc(F)cc1. The number of hydrogen-bond donors (Lipinski definition) is 1. The lowest BCUT2D eigenvalue weighted by Crippen LogP contribution is -2.24. The Morgan fingerprint density at radius 1 is 0.921 bits per heavy atom. The molecule has 192 valence electrons. The van der Waals surface area contributed by atoms with Gasteiger partial charge in [0.15, 0.2) is 0 Å². The van der Waals surface area contributed by atoms with Crippen LogP contribution in [0.5, 0.6) is 0 Å². The van der Waals surface area contributed by atoms with Crippen LogP contribution >= 0.6 is 11.3 Å². The van der Waals surface area contributed by atoms with E-state index >= 15 is 0 Å². The summed E-state index contributed by atoms with van der Waals surface area (Å²) in [5.41, 5.74) is 6.38. The number of halogens is 1. The average molecular weight is 525 g/mol. The van der Waals surface area contributed by atoms with Gasteiger partial charge in [-0.15, -0.1) is 11.3 Å². The van der Waals surface area contributed by atoms with Crippen molar-refractivity contribution in [2.45, 2.75) is 39.3 Å². The van der Waals surface area contributed by atoms with E-state index in [0.717, 1.165) is 38.5 Å². The summed E-state index contributed by atoms with van der Waals surface area (Å²) < 4.78 is 15.5. The molecule has 0 spiro atoms. The lowest BCUT2D eigenvalue weighted by Gasteiger charge is -2.23. The van der Waals surface area contributed by atoms with Gasteiger partial charge in [0.25, 0.3) is 0 Å². The number of nitrogens with zero attached hydrogens (tertiary/aromatic N) is 3. The Hall–Kier alpha value is -4.10. The number of hydrogen-bond acceptors (Lipinski definition) is 4. The molecule has 0 aliphatic heterocycles. The minimum absolute atomic E-state index is 0.0851. The van der Waals surface area contributed by atoms with Gasteiger partial charge in [-0.3, -0.25) is 9.48 Å². The van der Waals surface area contributed by atoms with Gasteiger partial charge in [0, 0.05) is 17.5 Å². The van der Waals surface area contributed by atoms with Crippen LogP contribution in [0.1, 0.15) is 32.0 Å². The fourth-order valence-corrected chi connectivity index (χ4v) is 5.11. The quantitative estimate of drug-likeness (QED) is 0.247. The number of carbonyl (C=O) groups is 1. The molecule has 7 heteroatoms. The van der Waals surface area contributed by atoms with E-state index in [1.54, 1.807) is 18.3 Å². The smallest absolute Gasteiger partial charge is 0.226 e. The molecule has 0 atom stereocenters. The number of aromatic nitrogens is 3. The topological polar surface area (TPSA) is 59.8 Å². The molecule has 0 radical (unpaired) electrons. The maximum absolute atomic E-state index is 13.6. The number of benzene rings is 3. The van der Waals surface area contributed by atoms with Gasteiger partial charge in [-0.2, -0.15) is 5.10 Å². The highest BCUT2D eigenvalue weighted by Crippen LogP contribution is 2.36. The second kappa shape index (κ2) is 10.7. The van der Waals surface area contributed by atoms with E-state index in [2.05, 4.69) is 55.5 Å². The predicted molar refractivity (Wildman–Crippen MR) is 151 cm³/mol. The number of nitrogens with one attached hydrogen (secondary N) is 1. The van der Waals surface area contributed by atoms with Crippen molar-refractivity contribution in [2.75, 3.05) is 0 Å². The molecular formula is C31H29FN4OS. The van der Waals surface area contributed by atoms with Crippen LogP contribution in [0, 0.1) is 5.82 Å². The summed E-state index contributed by atoms with van der Waals surface area (Å²) in [4.78, 5) is 17.4. The zero-order valence-electron chi connectivity index (χ0n) is 21.6. The van der Waals surface area contributed by atoms with Crippen LogP contribution in [0.4, 0.5) is 4.39 Å². The number of carbonyl (C=O) groups excluding carboxylic acids is 1. The lowest BCUT2D eigenvalue weighted by atomic mass is 10.0. The van der Waals surface area contributed by atoms with Crippen molar-refractivity contribution in [1.82, 2.24) is 20.1 Å². The van der Waals surface area contributed by atoms with Crippen molar-refractivity contribution in [2.24, 2.45) is 0 Å². The van der Waals surface area contributed by atoms with Crippen LogP contribution in [-0.4, -0.2) is 20.7 Å². The van der Waals surface area contributed by atoms with Gasteiger partial charge in [-0.1, -0.05) is 54.6 Å². The van der Waals surface area contributed by atoms with E-state index < -0.39 is 0 Å². The third-order valence-corrected chi connectivity index (χ3v) is 7.12. The van der Waals surface area contributed by atoms with Crippen LogP contribution < -0.4 is 5.32 Å². The van der Waals surface area contributed by atoms with Crippen LogP contribution in [0.3, 0.4) is 0 Å². The summed E-state index contributed by atoms with van der Waals surface area (Å²) in [6, 6.07) is 24.8. The molecule has 0 saturated heterocycles. The molecule has 3 aromatic carbocycles. The molecule has 2 aromatic heterocycles. The Balaban J connectivity index is 1.27. The highest BCUT2D eigenvalue weighted by atomic mass is 32.1. The Morgan fingerprint density at radius 2 is 1.58 bits per heavy atom. The number of thiazole rings is 1. The zero-order chi connectivity index (χ0) is 26.7. The molecular weight excluding hydrogens is 495 g/mol. The molecule has 5 nitrogen and oxygen atoms in total. The molecule has 0 bridgehead atoms. The highest BCUT2D eigenvalue weighted by molar-refractivity contribution is 7.13. The molecule has 5 aromatic rings. The van der Waals surface area contributed by atoms with Crippen LogP contribution in [0.2, 0.25) is 0 Å². The molecule has 5 rings (SSSR count). The summed E-state index contributed by atoms with van der Waals surface area (Å²) in [5, 5.41) is 10.3. The van der Waals surface area contributed by atoms with Crippen molar-refractivity contribution in [1.29, 1.82) is 0 Å².